The molecular weight excluding hydrogens is 370 g/mol. The van der Waals surface area contributed by atoms with Crippen LogP contribution in [-0.4, -0.2) is 34.2 Å². The van der Waals surface area contributed by atoms with E-state index in [9.17, 15) is 19.8 Å². The van der Waals surface area contributed by atoms with Crippen LogP contribution in [0.15, 0.2) is 66.7 Å². The Balaban J connectivity index is 1.55. The number of amides is 2. The molecular formula is C22H23N3O4. The summed E-state index contributed by atoms with van der Waals surface area (Å²) in [5, 5.41) is 21.7. The molecule has 0 aromatic heterocycles. The van der Waals surface area contributed by atoms with Crippen LogP contribution in [0.4, 0.5) is 0 Å². The van der Waals surface area contributed by atoms with Crippen molar-refractivity contribution in [3.05, 3.63) is 77.9 Å². The minimum Gasteiger partial charge on any atom is -0.507 e. The standard InChI is InChI=1S/C22H23N3O4/c23-18(11-10-14-6-2-1-3-7-14)20(27)22(29)25-24-21(28)17-12-15-8-4-5-9-16(15)13-19(17)26/h1-9,12-13,18,20,26-27H,10-11,23H2,(H,24,28)(H,25,29)/t18-,20+/m1/s1. The van der Waals surface area contributed by atoms with Gasteiger partial charge in [-0.05, 0) is 41.3 Å². The first-order valence-electron chi connectivity index (χ1n) is 9.25. The van der Waals surface area contributed by atoms with E-state index in [-0.39, 0.29) is 11.3 Å². The number of carbonyl (C=O) groups is 2. The number of nitrogens with one attached hydrogen (secondary N) is 2. The minimum atomic E-state index is -1.48. The highest BCUT2D eigenvalue weighted by Crippen LogP contribution is 2.24. The van der Waals surface area contributed by atoms with Crippen LogP contribution in [0.3, 0.4) is 0 Å². The second-order valence-electron chi connectivity index (χ2n) is 6.79. The van der Waals surface area contributed by atoms with E-state index >= 15 is 0 Å². The van der Waals surface area contributed by atoms with Crippen LogP contribution in [0.5, 0.6) is 5.75 Å². The van der Waals surface area contributed by atoms with E-state index < -0.39 is 24.0 Å². The average molecular weight is 393 g/mol. The molecule has 29 heavy (non-hydrogen) atoms. The molecule has 0 aliphatic rings. The molecule has 0 unspecified atom stereocenters. The summed E-state index contributed by atoms with van der Waals surface area (Å²) in [6, 6.07) is 19.1. The maximum Gasteiger partial charge on any atom is 0.273 e. The van der Waals surface area contributed by atoms with Crippen molar-refractivity contribution in [2.75, 3.05) is 0 Å². The van der Waals surface area contributed by atoms with Crippen LogP contribution in [0.1, 0.15) is 22.3 Å². The Morgan fingerprint density at radius 3 is 2.24 bits per heavy atom. The van der Waals surface area contributed by atoms with Gasteiger partial charge in [-0.3, -0.25) is 20.4 Å². The molecule has 6 N–H and O–H groups in total. The summed E-state index contributed by atoms with van der Waals surface area (Å²) < 4.78 is 0. The number of nitrogens with two attached hydrogens (primary N) is 1. The van der Waals surface area contributed by atoms with Crippen molar-refractivity contribution < 1.29 is 19.8 Å². The fourth-order valence-electron chi connectivity index (χ4n) is 3.00. The zero-order chi connectivity index (χ0) is 20.8. The molecule has 3 rings (SSSR count). The zero-order valence-electron chi connectivity index (χ0n) is 15.7. The van der Waals surface area contributed by atoms with E-state index in [4.69, 9.17) is 5.73 Å². The summed E-state index contributed by atoms with van der Waals surface area (Å²) in [5.41, 5.74) is 11.3. The van der Waals surface area contributed by atoms with Crippen molar-refractivity contribution in [1.82, 2.24) is 10.9 Å². The number of hydrogen-bond donors (Lipinski definition) is 5. The number of phenolic OH excluding ortho intramolecular Hbond substituents is 1. The van der Waals surface area contributed by atoms with E-state index in [1.165, 1.54) is 12.1 Å². The fourth-order valence-corrected chi connectivity index (χ4v) is 3.00. The Morgan fingerprint density at radius 1 is 0.931 bits per heavy atom. The molecule has 2 amide bonds. The Kier molecular flexibility index (Phi) is 6.43. The largest absolute Gasteiger partial charge is 0.507 e. The first-order chi connectivity index (χ1) is 14.0. The van der Waals surface area contributed by atoms with Crippen molar-refractivity contribution in [2.24, 2.45) is 5.73 Å². The first-order valence-corrected chi connectivity index (χ1v) is 9.25. The van der Waals surface area contributed by atoms with Gasteiger partial charge in [0.2, 0.25) is 0 Å². The molecule has 0 heterocycles. The number of hydrazine groups is 1. The van der Waals surface area contributed by atoms with Gasteiger partial charge in [-0.15, -0.1) is 0 Å². The van der Waals surface area contributed by atoms with Crippen molar-refractivity contribution in [3.8, 4) is 5.75 Å². The van der Waals surface area contributed by atoms with Crippen molar-refractivity contribution in [3.63, 3.8) is 0 Å². The third-order valence-corrected chi connectivity index (χ3v) is 4.69. The minimum absolute atomic E-state index is 0.00636. The monoisotopic (exact) mass is 393 g/mol. The number of phenols is 1. The topological polar surface area (TPSA) is 125 Å². The van der Waals surface area contributed by atoms with Gasteiger partial charge in [0.05, 0.1) is 5.56 Å². The van der Waals surface area contributed by atoms with Crippen molar-refractivity contribution >= 4 is 22.6 Å². The second-order valence-corrected chi connectivity index (χ2v) is 6.79. The molecule has 0 saturated heterocycles. The average Bonchev–Trinajstić information content (AvgIpc) is 2.75. The number of aliphatic hydroxyl groups is 1. The molecule has 0 aliphatic carbocycles. The maximum atomic E-state index is 12.3. The highest BCUT2D eigenvalue weighted by molar-refractivity contribution is 6.02. The lowest BCUT2D eigenvalue weighted by Gasteiger charge is -2.18. The van der Waals surface area contributed by atoms with Crippen LogP contribution in [0.25, 0.3) is 10.8 Å². The number of hydrogen-bond acceptors (Lipinski definition) is 5. The number of aryl methyl sites for hydroxylation is 1. The first kappa shape index (κ1) is 20.3. The molecule has 3 aromatic rings. The highest BCUT2D eigenvalue weighted by Gasteiger charge is 2.23. The lowest BCUT2D eigenvalue weighted by atomic mass is 10.0. The van der Waals surface area contributed by atoms with Gasteiger partial charge in [-0.1, -0.05) is 54.6 Å². The molecule has 0 aliphatic heterocycles. The van der Waals surface area contributed by atoms with Crippen molar-refractivity contribution in [2.45, 2.75) is 25.0 Å². The molecule has 150 valence electrons. The third-order valence-electron chi connectivity index (χ3n) is 4.69. The smallest absolute Gasteiger partial charge is 0.273 e. The van der Waals surface area contributed by atoms with Gasteiger partial charge in [0, 0.05) is 6.04 Å². The summed E-state index contributed by atoms with van der Waals surface area (Å²) >= 11 is 0. The number of fused-ring (bicyclic) bond motifs is 1. The van der Waals surface area contributed by atoms with Gasteiger partial charge < -0.3 is 15.9 Å². The second kappa shape index (κ2) is 9.18. The summed E-state index contributed by atoms with van der Waals surface area (Å²) in [6.45, 7) is 0. The van der Waals surface area contributed by atoms with Crippen LogP contribution < -0.4 is 16.6 Å². The van der Waals surface area contributed by atoms with Gasteiger partial charge >= 0.3 is 0 Å². The van der Waals surface area contributed by atoms with Crippen LogP contribution >= 0.6 is 0 Å². The lowest BCUT2D eigenvalue weighted by molar-refractivity contribution is -0.131. The van der Waals surface area contributed by atoms with E-state index in [0.717, 1.165) is 16.3 Å². The molecule has 0 radical (unpaired) electrons. The number of benzene rings is 3. The zero-order valence-corrected chi connectivity index (χ0v) is 15.7. The molecule has 0 bridgehead atoms. The predicted octanol–water partition coefficient (Wildman–Crippen LogP) is 1.63. The Labute approximate surface area is 168 Å². The predicted molar refractivity (Wildman–Crippen MR) is 110 cm³/mol. The lowest BCUT2D eigenvalue weighted by Crippen LogP contribution is -2.52. The van der Waals surface area contributed by atoms with Gasteiger partial charge in [0.25, 0.3) is 11.8 Å². The Hall–Kier alpha value is -3.42. The van der Waals surface area contributed by atoms with Gasteiger partial charge in [0.15, 0.2) is 0 Å². The van der Waals surface area contributed by atoms with Crippen LogP contribution in [0.2, 0.25) is 0 Å². The highest BCUT2D eigenvalue weighted by atomic mass is 16.3. The molecule has 2 atom stereocenters. The normalized spacial score (nSPS) is 12.9. The quantitative estimate of drug-likeness (QED) is 0.407. The fraction of sp³-hybridized carbons (Fsp3) is 0.182. The Bertz CT molecular complexity index is 1010. The summed E-state index contributed by atoms with van der Waals surface area (Å²) in [5.74, 6) is -1.73. The van der Waals surface area contributed by atoms with E-state index in [1.54, 1.807) is 6.07 Å². The van der Waals surface area contributed by atoms with Gasteiger partial charge in [-0.2, -0.15) is 0 Å². The van der Waals surface area contributed by atoms with Crippen LogP contribution in [-0.2, 0) is 11.2 Å². The van der Waals surface area contributed by atoms with Crippen LogP contribution in [0, 0.1) is 0 Å². The van der Waals surface area contributed by atoms with Crippen molar-refractivity contribution in [1.29, 1.82) is 0 Å². The Morgan fingerprint density at radius 2 is 1.55 bits per heavy atom. The summed E-state index contributed by atoms with van der Waals surface area (Å²) in [6.07, 6.45) is -0.467. The summed E-state index contributed by atoms with van der Waals surface area (Å²) in [7, 11) is 0. The maximum absolute atomic E-state index is 12.3. The summed E-state index contributed by atoms with van der Waals surface area (Å²) in [4.78, 5) is 24.4. The third kappa shape index (κ3) is 5.10. The van der Waals surface area contributed by atoms with Gasteiger partial charge in [0.1, 0.15) is 11.9 Å². The molecule has 0 saturated carbocycles. The molecule has 0 fully saturated rings. The SMILES string of the molecule is N[C@H](CCc1ccccc1)[C@H](O)C(=O)NNC(=O)c1cc2ccccc2cc1O. The number of rotatable bonds is 6. The van der Waals surface area contributed by atoms with E-state index in [0.29, 0.717) is 12.8 Å². The van der Waals surface area contributed by atoms with Gasteiger partial charge in [-0.25, -0.2) is 0 Å². The molecule has 7 heteroatoms. The van der Waals surface area contributed by atoms with E-state index in [1.807, 2.05) is 48.5 Å². The number of aliphatic hydroxyl groups excluding tert-OH is 1. The van der Waals surface area contributed by atoms with E-state index in [2.05, 4.69) is 10.9 Å². The molecule has 7 nitrogen and oxygen atoms in total. The molecule has 3 aromatic carbocycles. The molecule has 0 spiro atoms. The number of carbonyl (C=O) groups excluding carboxylic acids is 2. The number of aromatic hydroxyl groups is 1.